The van der Waals surface area contributed by atoms with Crippen molar-refractivity contribution in [3.05, 3.63) is 83.6 Å². The highest BCUT2D eigenvalue weighted by Gasteiger charge is 2.17. The first-order valence-electron chi connectivity index (χ1n) is 8.41. The van der Waals surface area contributed by atoms with E-state index in [4.69, 9.17) is 11.6 Å². The Bertz CT molecular complexity index is 1320. The van der Waals surface area contributed by atoms with Gasteiger partial charge in [-0.1, -0.05) is 23.7 Å². The summed E-state index contributed by atoms with van der Waals surface area (Å²) in [5.41, 5.74) is 1.08. The highest BCUT2D eigenvalue weighted by Crippen LogP contribution is 2.20. The zero-order valence-corrected chi connectivity index (χ0v) is 16.4. The van der Waals surface area contributed by atoms with Gasteiger partial charge in [0.1, 0.15) is 5.82 Å². The molecule has 0 radical (unpaired) electrons. The minimum atomic E-state index is -3.90. The van der Waals surface area contributed by atoms with Crippen LogP contribution in [0.5, 0.6) is 0 Å². The number of fused-ring (bicyclic) bond motifs is 1. The second-order valence-electron chi connectivity index (χ2n) is 6.03. The highest BCUT2D eigenvalue weighted by molar-refractivity contribution is 7.92. The van der Waals surface area contributed by atoms with Crippen LogP contribution in [-0.2, 0) is 10.0 Å². The van der Waals surface area contributed by atoms with Gasteiger partial charge in [-0.05, 0) is 42.5 Å². The first-order chi connectivity index (χ1) is 13.9. The monoisotopic (exact) mass is 427 g/mol. The van der Waals surface area contributed by atoms with Crippen molar-refractivity contribution in [3.63, 3.8) is 0 Å². The summed E-state index contributed by atoms with van der Waals surface area (Å²) in [6.45, 7) is 0. The van der Waals surface area contributed by atoms with Crippen LogP contribution in [0.25, 0.3) is 5.65 Å². The van der Waals surface area contributed by atoms with Crippen LogP contribution in [0.15, 0.2) is 78.0 Å². The fourth-order valence-corrected chi connectivity index (χ4v) is 3.97. The summed E-state index contributed by atoms with van der Waals surface area (Å²) in [6.07, 6.45) is 3.11. The van der Waals surface area contributed by atoms with Crippen LogP contribution < -0.4 is 10.0 Å². The maximum atomic E-state index is 12.7. The zero-order chi connectivity index (χ0) is 20.4. The van der Waals surface area contributed by atoms with Crippen molar-refractivity contribution in [2.45, 2.75) is 4.90 Å². The number of sulfonamides is 1. The van der Waals surface area contributed by atoms with E-state index in [9.17, 15) is 13.2 Å². The molecule has 0 bridgehead atoms. The van der Waals surface area contributed by atoms with Gasteiger partial charge in [-0.2, -0.15) is 9.61 Å². The first-order valence-corrected chi connectivity index (χ1v) is 10.3. The fourth-order valence-electron chi connectivity index (χ4n) is 2.69. The molecule has 2 N–H and O–H groups in total. The molecule has 0 atom stereocenters. The third-order valence-electron chi connectivity index (χ3n) is 4.02. The third-order valence-corrected chi connectivity index (χ3v) is 5.63. The van der Waals surface area contributed by atoms with Gasteiger partial charge >= 0.3 is 0 Å². The van der Waals surface area contributed by atoms with Crippen LogP contribution >= 0.6 is 11.6 Å². The normalized spacial score (nSPS) is 11.3. The number of benzene rings is 2. The topological polar surface area (TPSA) is 105 Å². The first kappa shape index (κ1) is 18.9. The molecule has 4 rings (SSSR count). The van der Waals surface area contributed by atoms with Gasteiger partial charge in [-0.25, -0.2) is 13.4 Å². The molecule has 29 heavy (non-hydrogen) atoms. The lowest BCUT2D eigenvalue weighted by Gasteiger charge is -2.10. The van der Waals surface area contributed by atoms with Gasteiger partial charge in [0.2, 0.25) is 0 Å². The summed E-state index contributed by atoms with van der Waals surface area (Å²) in [6, 6.07) is 15.4. The molecule has 2 aromatic carbocycles. The Morgan fingerprint density at radius 3 is 2.66 bits per heavy atom. The van der Waals surface area contributed by atoms with Gasteiger partial charge in [-0.3, -0.25) is 9.52 Å². The molecule has 0 aliphatic rings. The van der Waals surface area contributed by atoms with Crippen molar-refractivity contribution in [2.24, 2.45) is 0 Å². The molecule has 8 nitrogen and oxygen atoms in total. The number of amides is 1. The van der Waals surface area contributed by atoms with Crippen LogP contribution in [0.2, 0.25) is 5.02 Å². The molecule has 2 heterocycles. The number of nitrogens with one attached hydrogen (secondary N) is 2. The number of hydrogen-bond acceptors (Lipinski definition) is 5. The molecule has 0 spiro atoms. The molecule has 4 aromatic rings. The van der Waals surface area contributed by atoms with Crippen molar-refractivity contribution >= 4 is 44.7 Å². The van der Waals surface area contributed by atoms with Gasteiger partial charge in [0.05, 0.1) is 16.8 Å². The Morgan fingerprint density at radius 1 is 1.00 bits per heavy atom. The predicted octanol–water partition coefficient (Wildman–Crippen LogP) is 3.44. The molecule has 1 amide bonds. The third kappa shape index (κ3) is 4.05. The van der Waals surface area contributed by atoms with E-state index >= 15 is 0 Å². The van der Waals surface area contributed by atoms with E-state index in [0.717, 1.165) is 0 Å². The Morgan fingerprint density at radius 2 is 1.83 bits per heavy atom. The summed E-state index contributed by atoms with van der Waals surface area (Å²) >= 11 is 5.90. The molecular weight excluding hydrogens is 414 g/mol. The molecule has 0 saturated heterocycles. The van der Waals surface area contributed by atoms with Crippen LogP contribution in [0, 0.1) is 0 Å². The Hall–Kier alpha value is -3.43. The molecule has 10 heteroatoms. The average molecular weight is 428 g/mol. The summed E-state index contributed by atoms with van der Waals surface area (Å²) in [4.78, 5) is 16.7. The number of aromatic nitrogens is 3. The maximum absolute atomic E-state index is 12.7. The minimum absolute atomic E-state index is 0.0518. The van der Waals surface area contributed by atoms with E-state index in [1.165, 1.54) is 34.8 Å². The molecule has 0 aliphatic heterocycles. The van der Waals surface area contributed by atoms with E-state index in [1.54, 1.807) is 42.7 Å². The number of halogens is 1. The molecule has 0 aliphatic carbocycles. The van der Waals surface area contributed by atoms with Crippen LogP contribution in [0.4, 0.5) is 11.5 Å². The number of carbonyl (C=O) groups is 1. The largest absolute Gasteiger partial charge is 0.306 e. The van der Waals surface area contributed by atoms with Gasteiger partial charge in [0, 0.05) is 22.8 Å². The van der Waals surface area contributed by atoms with E-state index in [0.29, 0.717) is 22.2 Å². The average Bonchev–Trinajstić information content (AvgIpc) is 3.18. The minimum Gasteiger partial charge on any atom is -0.306 e. The Balaban J connectivity index is 1.59. The second-order valence-corrected chi connectivity index (χ2v) is 8.15. The second kappa shape index (κ2) is 7.53. The number of rotatable bonds is 5. The molecule has 0 fully saturated rings. The lowest BCUT2D eigenvalue weighted by molar-refractivity contribution is 0.102. The van der Waals surface area contributed by atoms with Gasteiger partial charge in [0.25, 0.3) is 15.9 Å². The number of nitrogens with zero attached hydrogens (tertiary/aromatic N) is 3. The molecule has 0 unspecified atom stereocenters. The molecular formula is C19H14ClN5O3S. The zero-order valence-electron chi connectivity index (χ0n) is 14.8. The van der Waals surface area contributed by atoms with Crippen molar-refractivity contribution < 1.29 is 13.2 Å². The standard InChI is InChI=1S/C19H14ClN5O3S/c20-14-4-2-5-15(12-14)24-29(27,28)16-6-1-3-13(11-16)19(26)23-18-7-9-21-17-8-10-22-25(17)18/h1-12,24H,(H,23,26). The summed E-state index contributed by atoms with van der Waals surface area (Å²) in [5, 5.41) is 7.21. The van der Waals surface area contributed by atoms with Crippen LogP contribution in [0.1, 0.15) is 10.4 Å². The van der Waals surface area contributed by atoms with E-state index < -0.39 is 15.9 Å². The summed E-state index contributed by atoms with van der Waals surface area (Å²) in [5.74, 6) is -0.0666. The van der Waals surface area contributed by atoms with Crippen LogP contribution in [0.3, 0.4) is 0 Å². The van der Waals surface area contributed by atoms with Gasteiger partial charge < -0.3 is 5.32 Å². The number of carbonyl (C=O) groups excluding carboxylic acids is 1. The van der Waals surface area contributed by atoms with Gasteiger partial charge in [0.15, 0.2) is 5.65 Å². The van der Waals surface area contributed by atoms with E-state index in [2.05, 4.69) is 20.1 Å². The quantitative estimate of drug-likeness (QED) is 0.507. The van der Waals surface area contributed by atoms with Crippen molar-refractivity contribution in [1.29, 1.82) is 0 Å². The maximum Gasteiger partial charge on any atom is 0.261 e. The Kier molecular flexibility index (Phi) is 4.91. The van der Waals surface area contributed by atoms with Crippen molar-refractivity contribution in [2.75, 3.05) is 10.0 Å². The fraction of sp³-hybridized carbons (Fsp3) is 0. The predicted molar refractivity (Wildman–Crippen MR) is 110 cm³/mol. The molecule has 0 saturated carbocycles. The molecule has 2 aromatic heterocycles. The SMILES string of the molecule is O=C(Nc1ccnc2ccnn12)c1cccc(S(=O)(=O)Nc2cccc(Cl)c2)c1. The lowest BCUT2D eigenvalue weighted by atomic mass is 10.2. The van der Waals surface area contributed by atoms with Crippen LogP contribution in [-0.4, -0.2) is 28.9 Å². The summed E-state index contributed by atoms with van der Waals surface area (Å²) in [7, 11) is -3.90. The number of hydrogen-bond donors (Lipinski definition) is 2. The molecule has 146 valence electrons. The van der Waals surface area contributed by atoms with Crippen molar-refractivity contribution in [3.8, 4) is 0 Å². The highest BCUT2D eigenvalue weighted by atomic mass is 35.5. The van der Waals surface area contributed by atoms with Crippen molar-refractivity contribution in [1.82, 2.24) is 14.6 Å². The van der Waals surface area contributed by atoms with E-state index in [-0.39, 0.29) is 10.5 Å². The van der Waals surface area contributed by atoms with Gasteiger partial charge in [-0.15, -0.1) is 0 Å². The van der Waals surface area contributed by atoms with E-state index in [1.807, 2.05) is 0 Å². The lowest BCUT2D eigenvalue weighted by Crippen LogP contribution is -2.17. The smallest absolute Gasteiger partial charge is 0.261 e. The Labute approximate surface area is 171 Å². The number of anilines is 2. The summed E-state index contributed by atoms with van der Waals surface area (Å²) < 4.78 is 29.3.